The standard InChI is InChI=1S/C12H24N4O3S/c1-10(6-13-12(20-3)14-16(17)18)7-15(2)8-11-4-5-19-9-11/h10-11H,4-9H2,1-3H3,(H,13,14). The summed E-state index contributed by atoms with van der Waals surface area (Å²) in [5.74, 6) is 1.03. The first kappa shape index (κ1) is 17.2. The van der Waals surface area contributed by atoms with Crippen LogP contribution in [-0.2, 0) is 4.74 Å². The van der Waals surface area contributed by atoms with E-state index >= 15 is 0 Å². The highest BCUT2D eigenvalue weighted by Crippen LogP contribution is 2.13. The number of nitrogens with zero attached hydrogens (tertiary/aromatic N) is 3. The van der Waals surface area contributed by atoms with Crippen LogP contribution in [0.2, 0.25) is 0 Å². The average Bonchev–Trinajstić information content (AvgIpc) is 2.86. The number of ether oxygens (including phenoxy) is 1. The van der Waals surface area contributed by atoms with Gasteiger partial charge in [0.25, 0.3) is 0 Å². The number of hydrazone groups is 1. The van der Waals surface area contributed by atoms with Gasteiger partial charge in [-0.15, -0.1) is 0 Å². The minimum Gasteiger partial charge on any atom is -0.381 e. The van der Waals surface area contributed by atoms with Crippen molar-refractivity contribution < 1.29 is 9.77 Å². The number of thioether (sulfide) groups is 1. The van der Waals surface area contributed by atoms with Crippen molar-refractivity contribution >= 4 is 16.9 Å². The van der Waals surface area contributed by atoms with Crippen molar-refractivity contribution in [2.75, 3.05) is 46.2 Å². The molecule has 2 unspecified atom stereocenters. The molecular formula is C12H24N4O3S. The van der Waals surface area contributed by atoms with Gasteiger partial charge in [-0.2, -0.15) is 0 Å². The molecule has 0 aromatic rings. The van der Waals surface area contributed by atoms with Gasteiger partial charge in [0, 0.05) is 26.2 Å². The maximum Gasteiger partial charge on any atom is 0.234 e. The normalized spacial score (nSPS) is 21.2. The van der Waals surface area contributed by atoms with Gasteiger partial charge in [-0.3, -0.25) is 0 Å². The molecule has 8 heteroatoms. The monoisotopic (exact) mass is 304 g/mol. The Morgan fingerprint density at radius 3 is 3.00 bits per heavy atom. The molecule has 0 amide bonds. The molecule has 1 N–H and O–H groups in total. The van der Waals surface area contributed by atoms with E-state index in [0.29, 0.717) is 23.5 Å². The van der Waals surface area contributed by atoms with Gasteiger partial charge in [-0.05, 0) is 31.6 Å². The van der Waals surface area contributed by atoms with Gasteiger partial charge >= 0.3 is 0 Å². The first-order chi connectivity index (χ1) is 9.51. The second-order valence-corrected chi connectivity index (χ2v) is 6.08. The zero-order valence-corrected chi connectivity index (χ0v) is 13.2. The Kier molecular flexibility index (Phi) is 7.86. The highest BCUT2D eigenvalue weighted by atomic mass is 32.2. The fraction of sp³-hybridized carbons (Fsp3) is 0.917. The van der Waals surface area contributed by atoms with E-state index in [0.717, 1.165) is 32.7 Å². The molecular weight excluding hydrogens is 280 g/mol. The lowest BCUT2D eigenvalue weighted by Crippen LogP contribution is -2.35. The topological polar surface area (TPSA) is 80.0 Å². The summed E-state index contributed by atoms with van der Waals surface area (Å²) in [6.07, 6.45) is 2.91. The van der Waals surface area contributed by atoms with Crippen LogP contribution in [0.1, 0.15) is 13.3 Å². The molecule has 0 bridgehead atoms. The molecule has 0 aromatic heterocycles. The molecule has 7 nitrogen and oxygen atoms in total. The van der Waals surface area contributed by atoms with Crippen LogP contribution in [0, 0.1) is 22.0 Å². The number of hydrogen-bond acceptors (Lipinski definition) is 5. The van der Waals surface area contributed by atoms with Crippen LogP contribution < -0.4 is 5.32 Å². The lowest BCUT2D eigenvalue weighted by atomic mass is 10.1. The minimum absolute atomic E-state index is 0.355. The summed E-state index contributed by atoms with van der Waals surface area (Å²) >= 11 is 1.25. The third kappa shape index (κ3) is 7.06. The zero-order valence-electron chi connectivity index (χ0n) is 12.4. The highest BCUT2D eigenvalue weighted by Gasteiger charge is 2.18. The lowest BCUT2D eigenvalue weighted by Gasteiger charge is -2.23. The molecule has 1 rings (SSSR count). The van der Waals surface area contributed by atoms with E-state index < -0.39 is 5.03 Å². The van der Waals surface area contributed by atoms with Crippen LogP contribution in [0.5, 0.6) is 0 Å². The summed E-state index contributed by atoms with van der Waals surface area (Å²) in [5, 5.41) is 16.3. The fourth-order valence-electron chi connectivity index (χ4n) is 2.32. The maximum absolute atomic E-state index is 10.3. The quantitative estimate of drug-likeness (QED) is 0.328. The van der Waals surface area contributed by atoms with Gasteiger partial charge in [0.1, 0.15) is 0 Å². The maximum atomic E-state index is 10.3. The molecule has 20 heavy (non-hydrogen) atoms. The van der Waals surface area contributed by atoms with Crippen molar-refractivity contribution in [1.82, 2.24) is 10.2 Å². The van der Waals surface area contributed by atoms with E-state index in [1.54, 1.807) is 6.26 Å². The van der Waals surface area contributed by atoms with E-state index in [9.17, 15) is 10.1 Å². The number of nitro groups is 1. The van der Waals surface area contributed by atoms with Gasteiger partial charge in [0.15, 0.2) is 5.03 Å². The molecule has 0 saturated carbocycles. The third-order valence-electron chi connectivity index (χ3n) is 3.18. The van der Waals surface area contributed by atoms with Crippen LogP contribution in [0.25, 0.3) is 0 Å². The van der Waals surface area contributed by atoms with Crippen LogP contribution >= 0.6 is 11.8 Å². The van der Waals surface area contributed by atoms with E-state index in [2.05, 4.69) is 29.3 Å². The smallest absolute Gasteiger partial charge is 0.234 e. The average molecular weight is 304 g/mol. The van der Waals surface area contributed by atoms with Crippen molar-refractivity contribution in [1.29, 1.82) is 0 Å². The second-order valence-electron chi connectivity index (χ2n) is 5.28. The summed E-state index contributed by atoms with van der Waals surface area (Å²) in [6, 6.07) is 0. The second kappa shape index (κ2) is 9.15. The molecule has 0 radical (unpaired) electrons. The molecule has 116 valence electrons. The Morgan fingerprint density at radius 2 is 2.45 bits per heavy atom. The van der Waals surface area contributed by atoms with Gasteiger partial charge in [0.05, 0.1) is 11.7 Å². The molecule has 1 fully saturated rings. The van der Waals surface area contributed by atoms with E-state index in [4.69, 9.17) is 4.74 Å². The van der Waals surface area contributed by atoms with Gasteiger partial charge < -0.3 is 15.0 Å². The van der Waals surface area contributed by atoms with Crippen LogP contribution in [-0.4, -0.2) is 61.3 Å². The summed E-state index contributed by atoms with van der Waals surface area (Å²) in [7, 11) is 2.11. The number of hydrogen-bond donors (Lipinski definition) is 1. The van der Waals surface area contributed by atoms with E-state index in [1.807, 2.05) is 0 Å². The van der Waals surface area contributed by atoms with Crippen LogP contribution in [0.4, 0.5) is 0 Å². The predicted octanol–water partition coefficient (Wildman–Crippen LogP) is 1.09. The molecule has 1 aliphatic rings. The van der Waals surface area contributed by atoms with Crippen molar-refractivity contribution in [2.24, 2.45) is 16.9 Å². The fourth-order valence-corrected chi connectivity index (χ4v) is 2.70. The summed E-state index contributed by atoms with van der Waals surface area (Å²) in [4.78, 5) is 12.6. The van der Waals surface area contributed by atoms with E-state index in [1.165, 1.54) is 11.8 Å². The largest absolute Gasteiger partial charge is 0.381 e. The predicted molar refractivity (Wildman–Crippen MR) is 81.5 cm³/mol. The third-order valence-corrected chi connectivity index (χ3v) is 3.80. The number of rotatable bonds is 7. The molecule has 0 aromatic carbocycles. The molecule has 0 spiro atoms. The van der Waals surface area contributed by atoms with E-state index in [-0.39, 0.29) is 0 Å². The minimum atomic E-state index is -0.671. The van der Waals surface area contributed by atoms with Crippen LogP contribution in [0.15, 0.2) is 5.10 Å². The first-order valence-corrected chi connectivity index (χ1v) is 8.01. The first-order valence-electron chi connectivity index (χ1n) is 6.78. The summed E-state index contributed by atoms with van der Waals surface area (Å²) < 4.78 is 5.37. The van der Waals surface area contributed by atoms with Crippen molar-refractivity contribution in [3.8, 4) is 0 Å². The Morgan fingerprint density at radius 1 is 1.70 bits per heavy atom. The van der Waals surface area contributed by atoms with Crippen molar-refractivity contribution in [3.63, 3.8) is 0 Å². The number of amidine groups is 1. The van der Waals surface area contributed by atoms with Gasteiger partial charge in [-0.1, -0.05) is 18.7 Å². The highest BCUT2D eigenvalue weighted by molar-refractivity contribution is 8.13. The molecule has 0 aliphatic carbocycles. The Bertz CT molecular complexity index is 335. The summed E-state index contributed by atoms with van der Waals surface area (Å²) in [5.41, 5.74) is 0. The Labute approximate surface area is 124 Å². The van der Waals surface area contributed by atoms with Crippen molar-refractivity contribution in [3.05, 3.63) is 10.1 Å². The molecule has 1 saturated heterocycles. The summed E-state index contributed by atoms with van der Waals surface area (Å²) in [6.45, 7) is 6.54. The van der Waals surface area contributed by atoms with Gasteiger partial charge in [-0.25, -0.2) is 10.1 Å². The Hall–Kier alpha value is -0.860. The number of nitrogens with one attached hydrogen (secondary N) is 1. The lowest BCUT2D eigenvalue weighted by molar-refractivity contribution is -0.484. The SMILES string of the molecule is CSC(=N[N+](=O)[O-])NCC(C)CN(C)CC1CCOC1. The van der Waals surface area contributed by atoms with Crippen molar-refractivity contribution in [2.45, 2.75) is 13.3 Å². The van der Waals surface area contributed by atoms with Crippen LogP contribution in [0.3, 0.4) is 0 Å². The molecule has 2 atom stereocenters. The van der Waals surface area contributed by atoms with Gasteiger partial charge in [0.2, 0.25) is 5.17 Å². The molecule has 1 heterocycles. The molecule has 1 aliphatic heterocycles. The zero-order chi connectivity index (χ0) is 15.0. The Balaban J connectivity index is 2.24.